The minimum atomic E-state index is -0.968. The van der Waals surface area contributed by atoms with Crippen molar-refractivity contribution in [3.63, 3.8) is 0 Å². The summed E-state index contributed by atoms with van der Waals surface area (Å²) < 4.78 is 0.903. The summed E-state index contributed by atoms with van der Waals surface area (Å²) in [4.78, 5) is 24.8. The molecule has 0 atom stereocenters. The van der Waals surface area contributed by atoms with Crippen molar-refractivity contribution in [2.45, 2.75) is 31.7 Å². The maximum Gasteiger partial charge on any atom is 0.323 e. The third-order valence-electron chi connectivity index (χ3n) is 3.66. The van der Waals surface area contributed by atoms with E-state index in [4.69, 9.17) is 5.11 Å². The minimum absolute atomic E-state index is 0.0532. The zero-order valence-corrected chi connectivity index (χ0v) is 13.3. The molecule has 5 heteroatoms. The van der Waals surface area contributed by atoms with Gasteiger partial charge in [0, 0.05) is 16.6 Å². The Balaban J connectivity index is 2.10. The molecule has 1 fully saturated rings. The van der Waals surface area contributed by atoms with Crippen molar-refractivity contribution in [2.24, 2.45) is 0 Å². The number of benzene rings is 1. The summed E-state index contributed by atoms with van der Waals surface area (Å²) in [5.41, 5.74) is 0.896. The van der Waals surface area contributed by atoms with Gasteiger partial charge in [-0.3, -0.25) is 9.59 Å². The average molecular weight is 352 g/mol. The topological polar surface area (TPSA) is 57.6 Å². The lowest BCUT2D eigenvalue weighted by molar-refractivity contribution is -0.144. The Hall–Kier alpha value is -1.62. The molecular weight excluding hydrogens is 334 g/mol. The van der Waals surface area contributed by atoms with Gasteiger partial charge >= 0.3 is 5.97 Å². The van der Waals surface area contributed by atoms with Crippen LogP contribution in [0.3, 0.4) is 0 Å². The van der Waals surface area contributed by atoms with Crippen LogP contribution in [0.15, 0.2) is 34.8 Å². The molecule has 21 heavy (non-hydrogen) atoms. The van der Waals surface area contributed by atoms with Gasteiger partial charge in [0.1, 0.15) is 6.54 Å². The molecule has 0 radical (unpaired) electrons. The number of amides is 1. The molecule has 2 rings (SSSR count). The monoisotopic (exact) mass is 351 g/mol. The Bertz CT molecular complexity index is 550. The van der Waals surface area contributed by atoms with E-state index < -0.39 is 5.97 Å². The lowest BCUT2D eigenvalue weighted by Gasteiger charge is -2.26. The third-order valence-corrected chi connectivity index (χ3v) is 4.39. The van der Waals surface area contributed by atoms with Gasteiger partial charge in [0.05, 0.1) is 0 Å². The van der Waals surface area contributed by atoms with Crippen molar-refractivity contribution in [2.75, 3.05) is 6.54 Å². The number of rotatable bonds is 5. The first-order valence-electron chi connectivity index (χ1n) is 7.03. The molecule has 4 nitrogen and oxygen atoms in total. The van der Waals surface area contributed by atoms with Crippen molar-refractivity contribution in [1.82, 2.24) is 4.90 Å². The number of nitrogens with zero attached hydrogens (tertiary/aromatic N) is 1. The molecule has 1 aliphatic rings. The first kappa shape index (κ1) is 15.8. The summed E-state index contributed by atoms with van der Waals surface area (Å²) in [6.07, 6.45) is 7.07. The van der Waals surface area contributed by atoms with E-state index in [1.165, 1.54) is 11.0 Å². The summed E-state index contributed by atoms with van der Waals surface area (Å²) >= 11 is 3.42. The van der Waals surface area contributed by atoms with Gasteiger partial charge in [0.2, 0.25) is 5.91 Å². The zero-order chi connectivity index (χ0) is 15.2. The van der Waals surface area contributed by atoms with Crippen molar-refractivity contribution >= 4 is 33.9 Å². The maximum absolute atomic E-state index is 12.3. The highest BCUT2D eigenvalue weighted by atomic mass is 79.9. The van der Waals surface area contributed by atoms with E-state index in [2.05, 4.69) is 15.9 Å². The van der Waals surface area contributed by atoms with Crippen LogP contribution in [0.1, 0.15) is 31.2 Å². The van der Waals surface area contributed by atoms with E-state index in [9.17, 15) is 9.59 Å². The molecular formula is C16H18BrNO3. The zero-order valence-electron chi connectivity index (χ0n) is 11.7. The van der Waals surface area contributed by atoms with E-state index in [1.807, 2.05) is 24.3 Å². The van der Waals surface area contributed by atoms with E-state index in [-0.39, 0.29) is 18.5 Å². The van der Waals surface area contributed by atoms with Crippen LogP contribution in [0.25, 0.3) is 6.08 Å². The predicted molar refractivity (Wildman–Crippen MR) is 84.8 cm³/mol. The van der Waals surface area contributed by atoms with Gasteiger partial charge in [-0.1, -0.05) is 47.0 Å². The second-order valence-corrected chi connectivity index (χ2v) is 6.01. The molecule has 1 aromatic carbocycles. The quantitative estimate of drug-likeness (QED) is 0.827. The molecule has 1 amide bonds. The number of carbonyl (C=O) groups excluding carboxylic acids is 1. The number of hydrogen-bond donors (Lipinski definition) is 1. The van der Waals surface area contributed by atoms with Crippen molar-refractivity contribution in [3.05, 3.63) is 40.4 Å². The first-order valence-corrected chi connectivity index (χ1v) is 7.82. The van der Waals surface area contributed by atoms with Gasteiger partial charge in [-0.25, -0.2) is 0 Å². The van der Waals surface area contributed by atoms with Crippen LogP contribution in [0.2, 0.25) is 0 Å². The van der Waals surface area contributed by atoms with Crippen LogP contribution in [0.5, 0.6) is 0 Å². The lowest BCUT2D eigenvalue weighted by atomic mass is 10.2. The summed E-state index contributed by atoms with van der Waals surface area (Å²) in [5.74, 6) is -1.20. The van der Waals surface area contributed by atoms with Crippen LogP contribution in [-0.2, 0) is 9.59 Å². The van der Waals surface area contributed by atoms with Gasteiger partial charge in [-0.2, -0.15) is 0 Å². The molecule has 1 aliphatic carbocycles. The Kier molecular flexibility index (Phi) is 5.56. The number of carboxylic acid groups (broad SMARTS) is 1. The maximum atomic E-state index is 12.3. The fourth-order valence-electron chi connectivity index (χ4n) is 2.62. The van der Waals surface area contributed by atoms with Gasteiger partial charge in [0.15, 0.2) is 0 Å². The summed E-state index contributed by atoms with van der Waals surface area (Å²) in [7, 11) is 0. The van der Waals surface area contributed by atoms with Gasteiger partial charge in [-0.15, -0.1) is 0 Å². The SMILES string of the molecule is O=C(O)CN(C(=O)/C=C/c1ccccc1Br)C1CCCC1. The second kappa shape index (κ2) is 7.41. The highest BCUT2D eigenvalue weighted by Crippen LogP contribution is 2.24. The van der Waals surface area contributed by atoms with Crippen LogP contribution < -0.4 is 0 Å². The van der Waals surface area contributed by atoms with Crippen LogP contribution in [0.4, 0.5) is 0 Å². The molecule has 0 saturated heterocycles. The minimum Gasteiger partial charge on any atom is -0.480 e. The Morgan fingerprint density at radius 2 is 1.95 bits per heavy atom. The van der Waals surface area contributed by atoms with Gasteiger partial charge in [-0.05, 0) is 30.5 Å². The fraction of sp³-hybridized carbons (Fsp3) is 0.375. The normalized spacial score (nSPS) is 15.5. The Labute approximate surface area is 132 Å². The third kappa shape index (κ3) is 4.43. The molecule has 0 heterocycles. The molecule has 0 unspecified atom stereocenters. The standard InChI is InChI=1S/C16H18BrNO3/c17-14-8-4-1-5-12(14)9-10-15(19)18(11-16(20)21)13-6-2-3-7-13/h1,4-5,8-10,13H,2-3,6-7,11H2,(H,20,21)/b10-9+. The lowest BCUT2D eigenvalue weighted by Crippen LogP contribution is -2.41. The molecule has 1 N–H and O–H groups in total. The van der Waals surface area contributed by atoms with E-state index in [1.54, 1.807) is 6.08 Å². The van der Waals surface area contributed by atoms with E-state index >= 15 is 0 Å². The molecule has 0 spiro atoms. The van der Waals surface area contributed by atoms with Gasteiger partial charge < -0.3 is 10.0 Å². The van der Waals surface area contributed by atoms with Crippen LogP contribution >= 0.6 is 15.9 Å². The number of carbonyl (C=O) groups is 2. The first-order chi connectivity index (χ1) is 10.1. The highest BCUT2D eigenvalue weighted by Gasteiger charge is 2.26. The predicted octanol–water partition coefficient (Wildman–Crippen LogP) is 3.32. The Morgan fingerprint density at radius 1 is 1.29 bits per heavy atom. The van der Waals surface area contributed by atoms with Crippen molar-refractivity contribution in [1.29, 1.82) is 0 Å². The molecule has 1 saturated carbocycles. The largest absolute Gasteiger partial charge is 0.480 e. The second-order valence-electron chi connectivity index (χ2n) is 5.15. The van der Waals surface area contributed by atoms with Crippen LogP contribution in [-0.4, -0.2) is 34.5 Å². The molecule has 0 bridgehead atoms. The summed E-state index contributed by atoms with van der Waals surface area (Å²) in [6.45, 7) is -0.232. The number of carboxylic acids is 1. The Morgan fingerprint density at radius 3 is 2.57 bits per heavy atom. The number of aliphatic carboxylic acids is 1. The molecule has 1 aromatic rings. The fourth-order valence-corrected chi connectivity index (χ4v) is 3.03. The van der Waals surface area contributed by atoms with Crippen molar-refractivity contribution < 1.29 is 14.7 Å². The smallest absolute Gasteiger partial charge is 0.323 e. The summed E-state index contributed by atoms with van der Waals surface area (Å²) in [6, 6.07) is 7.64. The molecule has 0 aliphatic heterocycles. The number of hydrogen-bond acceptors (Lipinski definition) is 2. The van der Waals surface area contributed by atoms with E-state index in [0.29, 0.717) is 0 Å². The highest BCUT2D eigenvalue weighted by molar-refractivity contribution is 9.10. The van der Waals surface area contributed by atoms with Gasteiger partial charge in [0.25, 0.3) is 0 Å². The molecule has 112 valence electrons. The van der Waals surface area contributed by atoms with E-state index in [0.717, 1.165) is 35.7 Å². The number of halogens is 1. The average Bonchev–Trinajstić information content (AvgIpc) is 2.97. The van der Waals surface area contributed by atoms with Crippen molar-refractivity contribution in [3.8, 4) is 0 Å². The summed E-state index contributed by atoms with van der Waals surface area (Å²) in [5, 5.41) is 9.00. The molecule has 0 aromatic heterocycles. The van der Waals surface area contributed by atoms with Crippen LogP contribution in [0, 0.1) is 0 Å².